The van der Waals surface area contributed by atoms with Gasteiger partial charge in [-0.3, -0.25) is 9.59 Å². The van der Waals surface area contributed by atoms with Crippen molar-refractivity contribution in [3.8, 4) is 0 Å². The van der Waals surface area contributed by atoms with Gasteiger partial charge in [0.05, 0.1) is 5.75 Å². The molecule has 0 unspecified atom stereocenters. The van der Waals surface area contributed by atoms with Crippen molar-refractivity contribution < 1.29 is 18.0 Å². The van der Waals surface area contributed by atoms with Gasteiger partial charge >= 0.3 is 6.18 Å². The third kappa shape index (κ3) is 4.69. The van der Waals surface area contributed by atoms with Gasteiger partial charge in [0.1, 0.15) is 0 Å². The molecule has 8 heteroatoms. The largest absolute Gasteiger partial charge is 0.433 e. The number of ketones is 1. The summed E-state index contributed by atoms with van der Waals surface area (Å²) in [5.74, 6) is -0.367. The molecule has 4 nitrogen and oxygen atoms in total. The lowest BCUT2D eigenvalue weighted by atomic mass is 10.1. The number of halogens is 3. The summed E-state index contributed by atoms with van der Waals surface area (Å²) in [6, 6.07) is 7.37. The maximum absolute atomic E-state index is 12.6. The van der Waals surface area contributed by atoms with Gasteiger partial charge in [-0.25, -0.2) is 4.98 Å². The average Bonchev–Trinajstić information content (AvgIpc) is 2.51. The Labute approximate surface area is 134 Å². The van der Waals surface area contributed by atoms with Crippen LogP contribution in [0.3, 0.4) is 0 Å². The SMILES string of the molecule is CCc1ccc(C(=O)CSc2nc(C(F)(F)F)cc(=O)[nH]2)cc1. The molecule has 0 atom stereocenters. The Hall–Kier alpha value is -2.09. The smallest absolute Gasteiger partial charge is 0.301 e. The van der Waals surface area contributed by atoms with Crippen molar-refractivity contribution in [2.24, 2.45) is 0 Å². The number of nitrogens with zero attached hydrogens (tertiary/aromatic N) is 1. The normalized spacial score (nSPS) is 11.5. The number of alkyl halides is 3. The van der Waals surface area contributed by atoms with Crippen LogP contribution in [0.2, 0.25) is 0 Å². The van der Waals surface area contributed by atoms with Gasteiger partial charge in [-0.2, -0.15) is 13.2 Å². The minimum atomic E-state index is -4.70. The summed E-state index contributed by atoms with van der Waals surface area (Å²) >= 11 is 0.762. The van der Waals surface area contributed by atoms with Crippen molar-refractivity contribution in [3.05, 3.63) is 57.5 Å². The number of aromatic nitrogens is 2. The fourth-order valence-electron chi connectivity index (χ4n) is 1.79. The first-order chi connectivity index (χ1) is 10.8. The molecule has 0 aliphatic heterocycles. The van der Waals surface area contributed by atoms with Crippen molar-refractivity contribution in [2.75, 3.05) is 5.75 Å². The van der Waals surface area contributed by atoms with E-state index in [4.69, 9.17) is 0 Å². The van der Waals surface area contributed by atoms with Crippen LogP contribution in [0, 0.1) is 0 Å². The van der Waals surface area contributed by atoms with Crippen LogP contribution in [-0.4, -0.2) is 21.5 Å². The van der Waals surface area contributed by atoms with Crippen LogP contribution in [0.5, 0.6) is 0 Å². The van der Waals surface area contributed by atoms with Gasteiger partial charge in [0.25, 0.3) is 5.56 Å². The summed E-state index contributed by atoms with van der Waals surface area (Å²) in [5, 5.41) is -0.233. The monoisotopic (exact) mass is 342 g/mol. The van der Waals surface area contributed by atoms with Crippen LogP contribution in [0.4, 0.5) is 13.2 Å². The quantitative estimate of drug-likeness (QED) is 0.514. The first-order valence-electron chi connectivity index (χ1n) is 6.73. The molecular formula is C15H13F3N2O2S. The van der Waals surface area contributed by atoms with Crippen LogP contribution < -0.4 is 5.56 Å². The number of H-pyrrole nitrogens is 1. The number of carbonyl (C=O) groups excluding carboxylic acids is 1. The van der Waals surface area contributed by atoms with E-state index in [0.29, 0.717) is 11.6 Å². The molecule has 1 heterocycles. The first-order valence-corrected chi connectivity index (χ1v) is 7.71. The van der Waals surface area contributed by atoms with E-state index in [1.165, 1.54) is 0 Å². The Kier molecular flexibility index (Phi) is 5.25. The number of thioether (sulfide) groups is 1. The summed E-state index contributed by atoms with van der Waals surface area (Å²) in [7, 11) is 0. The number of rotatable bonds is 5. The molecule has 0 radical (unpaired) electrons. The minimum Gasteiger partial charge on any atom is -0.301 e. The van der Waals surface area contributed by atoms with Crippen molar-refractivity contribution in [1.29, 1.82) is 0 Å². The lowest BCUT2D eigenvalue weighted by Gasteiger charge is -2.07. The number of Topliss-reactive ketones (excluding diaryl/α,β-unsaturated/α-hetero) is 1. The number of hydrogen-bond donors (Lipinski definition) is 1. The van der Waals surface area contributed by atoms with Crippen molar-refractivity contribution in [1.82, 2.24) is 9.97 Å². The predicted octanol–water partition coefficient (Wildman–Crippen LogP) is 3.33. The van der Waals surface area contributed by atoms with E-state index in [0.717, 1.165) is 23.7 Å². The van der Waals surface area contributed by atoms with E-state index in [2.05, 4.69) is 9.97 Å². The number of hydrogen-bond acceptors (Lipinski definition) is 4. The van der Waals surface area contributed by atoms with Gasteiger partial charge in [-0.05, 0) is 12.0 Å². The van der Waals surface area contributed by atoms with Gasteiger partial charge in [0, 0.05) is 11.6 Å². The lowest BCUT2D eigenvalue weighted by molar-refractivity contribution is -0.141. The van der Waals surface area contributed by atoms with Gasteiger partial charge in [-0.1, -0.05) is 43.0 Å². The maximum Gasteiger partial charge on any atom is 0.433 e. The summed E-state index contributed by atoms with van der Waals surface area (Å²) < 4.78 is 37.8. The highest BCUT2D eigenvalue weighted by Crippen LogP contribution is 2.27. The molecule has 0 saturated heterocycles. The zero-order valence-corrected chi connectivity index (χ0v) is 12.9. The number of benzene rings is 1. The molecule has 23 heavy (non-hydrogen) atoms. The number of carbonyl (C=O) groups is 1. The third-order valence-electron chi connectivity index (χ3n) is 3.03. The van der Waals surface area contributed by atoms with Crippen LogP contribution in [0.15, 0.2) is 40.3 Å². The molecule has 2 aromatic rings. The Balaban J connectivity index is 2.09. The molecular weight excluding hydrogens is 329 g/mol. The Bertz CT molecular complexity index is 755. The Morgan fingerprint density at radius 3 is 2.48 bits per heavy atom. The molecule has 2 rings (SSSR count). The topological polar surface area (TPSA) is 62.8 Å². The average molecular weight is 342 g/mol. The van der Waals surface area contributed by atoms with Crippen molar-refractivity contribution in [3.63, 3.8) is 0 Å². The zero-order valence-electron chi connectivity index (χ0n) is 12.1. The highest BCUT2D eigenvalue weighted by Gasteiger charge is 2.33. The van der Waals surface area contributed by atoms with E-state index >= 15 is 0 Å². The van der Waals surface area contributed by atoms with E-state index in [9.17, 15) is 22.8 Å². The predicted molar refractivity (Wildman–Crippen MR) is 80.7 cm³/mol. The summed E-state index contributed by atoms with van der Waals surface area (Å²) in [6.07, 6.45) is -3.86. The molecule has 122 valence electrons. The second-order valence-corrected chi connectivity index (χ2v) is 5.66. The zero-order chi connectivity index (χ0) is 17.0. The molecule has 0 amide bonds. The number of aromatic amines is 1. The maximum atomic E-state index is 12.6. The standard InChI is InChI=1S/C15H13F3N2O2S/c1-2-9-3-5-10(6-4-9)11(21)8-23-14-19-12(15(16,17)18)7-13(22)20-14/h3-7H,2,8H2,1H3,(H,19,20,22). The highest BCUT2D eigenvalue weighted by molar-refractivity contribution is 7.99. The van der Waals surface area contributed by atoms with Crippen LogP contribution in [0.1, 0.15) is 28.5 Å². The second-order valence-electron chi connectivity index (χ2n) is 4.70. The fraction of sp³-hybridized carbons (Fsp3) is 0.267. The van der Waals surface area contributed by atoms with Gasteiger partial charge in [0.2, 0.25) is 0 Å². The van der Waals surface area contributed by atoms with E-state index in [1.807, 2.05) is 19.1 Å². The molecule has 1 aromatic heterocycles. The van der Waals surface area contributed by atoms with Crippen molar-refractivity contribution in [2.45, 2.75) is 24.7 Å². The molecule has 0 aliphatic rings. The fourth-order valence-corrected chi connectivity index (χ4v) is 2.56. The van der Waals surface area contributed by atoms with E-state index < -0.39 is 17.4 Å². The summed E-state index contributed by atoms with van der Waals surface area (Å²) in [6.45, 7) is 1.99. The molecule has 1 aromatic carbocycles. The van der Waals surface area contributed by atoms with Crippen LogP contribution in [-0.2, 0) is 12.6 Å². The molecule has 0 bridgehead atoms. The van der Waals surface area contributed by atoms with Gasteiger partial charge in [0.15, 0.2) is 16.6 Å². The lowest BCUT2D eigenvalue weighted by Crippen LogP contribution is -2.17. The van der Waals surface area contributed by atoms with Gasteiger partial charge in [-0.15, -0.1) is 0 Å². The first kappa shape index (κ1) is 17.3. The van der Waals surface area contributed by atoms with Crippen molar-refractivity contribution >= 4 is 17.5 Å². The number of aryl methyl sites for hydroxylation is 1. The Morgan fingerprint density at radius 2 is 1.91 bits per heavy atom. The Morgan fingerprint density at radius 1 is 1.26 bits per heavy atom. The summed E-state index contributed by atoms with van der Waals surface area (Å²) in [4.78, 5) is 28.8. The minimum absolute atomic E-state index is 0.115. The summed E-state index contributed by atoms with van der Waals surface area (Å²) in [5.41, 5.74) is -0.639. The third-order valence-corrected chi connectivity index (χ3v) is 3.91. The molecule has 0 spiro atoms. The van der Waals surface area contributed by atoms with E-state index in [1.54, 1.807) is 12.1 Å². The van der Waals surface area contributed by atoms with Crippen LogP contribution >= 0.6 is 11.8 Å². The molecule has 0 fully saturated rings. The van der Waals surface area contributed by atoms with E-state index in [-0.39, 0.29) is 16.7 Å². The molecule has 0 saturated carbocycles. The highest BCUT2D eigenvalue weighted by atomic mass is 32.2. The second kappa shape index (κ2) is 6.99. The molecule has 0 aliphatic carbocycles. The molecule has 1 N–H and O–H groups in total. The van der Waals surface area contributed by atoms with Gasteiger partial charge < -0.3 is 4.98 Å². The number of nitrogens with one attached hydrogen (secondary N) is 1. The van der Waals surface area contributed by atoms with Crippen LogP contribution in [0.25, 0.3) is 0 Å².